The van der Waals surface area contributed by atoms with Crippen molar-refractivity contribution in [1.29, 1.82) is 0 Å². The quantitative estimate of drug-likeness (QED) is 0.803. The van der Waals surface area contributed by atoms with Gasteiger partial charge in [-0.25, -0.2) is 0 Å². The van der Waals surface area contributed by atoms with Crippen LogP contribution in [-0.2, 0) is 0 Å². The maximum Gasteiger partial charge on any atom is 0.0117 e. The molecule has 112 valence electrons. The van der Waals surface area contributed by atoms with Crippen LogP contribution in [0, 0.1) is 0 Å². The minimum absolute atomic E-state index is 0.830. The topological polar surface area (TPSA) is 18.5 Å². The van der Waals surface area contributed by atoms with Crippen molar-refractivity contribution in [3.05, 3.63) is 0 Å². The monoisotopic (exact) mass is 285 g/mol. The molecule has 0 bridgehead atoms. The van der Waals surface area contributed by atoms with E-state index < -0.39 is 0 Å². The lowest BCUT2D eigenvalue weighted by molar-refractivity contribution is 0.136. The zero-order chi connectivity index (χ0) is 13.5. The maximum atomic E-state index is 3.45. The van der Waals surface area contributed by atoms with Crippen LogP contribution >= 0.6 is 11.8 Å². The summed E-state index contributed by atoms with van der Waals surface area (Å²) < 4.78 is 0. The molecule has 2 saturated heterocycles. The van der Waals surface area contributed by atoms with E-state index >= 15 is 0 Å². The number of rotatable bonds is 6. The number of thioether (sulfide) groups is 1. The van der Waals surface area contributed by atoms with Crippen LogP contribution in [0.15, 0.2) is 0 Å². The molecule has 2 aliphatic heterocycles. The van der Waals surface area contributed by atoms with Gasteiger partial charge < -0.3 is 15.1 Å². The summed E-state index contributed by atoms with van der Waals surface area (Å²) in [4.78, 5) is 5.19. The molecular formula is C15H31N3S. The highest BCUT2D eigenvalue weighted by molar-refractivity contribution is 7.99. The molecule has 1 N–H and O–H groups in total. The minimum Gasteiger partial charge on any atom is -0.317 e. The number of piperidine rings is 2. The first-order valence-corrected chi connectivity index (χ1v) is 9.09. The van der Waals surface area contributed by atoms with Crippen molar-refractivity contribution in [3.63, 3.8) is 0 Å². The normalized spacial score (nSPS) is 24.2. The Labute approximate surface area is 123 Å². The van der Waals surface area contributed by atoms with E-state index in [-0.39, 0.29) is 0 Å². The fraction of sp³-hybridized carbons (Fsp3) is 1.00. The smallest absolute Gasteiger partial charge is 0.0117 e. The molecule has 0 spiro atoms. The van der Waals surface area contributed by atoms with Gasteiger partial charge in [0.2, 0.25) is 0 Å². The molecule has 2 fully saturated rings. The van der Waals surface area contributed by atoms with Crippen molar-refractivity contribution >= 4 is 11.8 Å². The van der Waals surface area contributed by atoms with E-state index in [0.717, 1.165) is 11.3 Å². The molecule has 2 heterocycles. The highest BCUT2D eigenvalue weighted by Gasteiger charge is 2.21. The zero-order valence-electron chi connectivity index (χ0n) is 12.7. The Morgan fingerprint density at radius 2 is 1.84 bits per heavy atom. The predicted molar refractivity (Wildman–Crippen MR) is 86.1 cm³/mol. The third-order valence-electron chi connectivity index (χ3n) is 4.71. The van der Waals surface area contributed by atoms with Crippen molar-refractivity contribution < 1.29 is 0 Å². The van der Waals surface area contributed by atoms with Crippen LogP contribution in [0.25, 0.3) is 0 Å². The fourth-order valence-electron chi connectivity index (χ4n) is 3.18. The standard InChI is InChI=1S/C15H31N3S/c1-3-18-10-6-14(7-11-18)17(2)12-13-19-15-4-8-16-9-5-15/h14-16H,3-13H2,1-2H3. The maximum absolute atomic E-state index is 3.45. The molecule has 0 aromatic heterocycles. The van der Waals surface area contributed by atoms with E-state index in [0.29, 0.717) is 0 Å². The molecule has 0 aliphatic carbocycles. The molecule has 0 amide bonds. The van der Waals surface area contributed by atoms with Crippen molar-refractivity contribution in [2.45, 2.75) is 43.9 Å². The van der Waals surface area contributed by atoms with Gasteiger partial charge in [-0.1, -0.05) is 6.92 Å². The van der Waals surface area contributed by atoms with Crippen LogP contribution in [0.5, 0.6) is 0 Å². The van der Waals surface area contributed by atoms with Gasteiger partial charge in [-0.05, 0) is 65.5 Å². The van der Waals surface area contributed by atoms with Crippen molar-refractivity contribution in [2.24, 2.45) is 0 Å². The van der Waals surface area contributed by atoms with Gasteiger partial charge in [-0.3, -0.25) is 0 Å². The van der Waals surface area contributed by atoms with E-state index in [1.165, 1.54) is 70.7 Å². The number of nitrogens with one attached hydrogen (secondary N) is 1. The average molecular weight is 286 g/mol. The Kier molecular flexibility index (Phi) is 6.99. The number of likely N-dealkylation sites (tertiary alicyclic amines) is 1. The summed E-state index contributed by atoms with van der Waals surface area (Å²) in [6, 6.07) is 0.830. The molecule has 4 heteroatoms. The summed E-state index contributed by atoms with van der Waals surface area (Å²) in [5, 5.41) is 4.36. The second-order valence-corrected chi connectivity index (χ2v) is 7.37. The van der Waals surface area contributed by atoms with E-state index in [2.05, 4.69) is 40.8 Å². The Balaban J connectivity index is 1.57. The molecule has 0 aromatic rings. The third kappa shape index (κ3) is 5.25. The van der Waals surface area contributed by atoms with E-state index in [1.807, 2.05) is 0 Å². The lowest BCUT2D eigenvalue weighted by atomic mass is 10.0. The minimum atomic E-state index is 0.830. The number of hydrogen-bond acceptors (Lipinski definition) is 4. The Bertz CT molecular complexity index is 236. The summed E-state index contributed by atoms with van der Waals surface area (Å²) >= 11 is 2.20. The first-order valence-electron chi connectivity index (χ1n) is 8.04. The van der Waals surface area contributed by atoms with Crippen LogP contribution < -0.4 is 5.32 Å². The largest absolute Gasteiger partial charge is 0.317 e. The van der Waals surface area contributed by atoms with E-state index in [4.69, 9.17) is 0 Å². The summed E-state index contributed by atoms with van der Waals surface area (Å²) in [7, 11) is 2.33. The highest BCUT2D eigenvalue weighted by atomic mass is 32.2. The predicted octanol–water partition coefficient (Wildman–Crippen LogP) is 1.89. The lowest BCUT2D eigenvalue weighted by Crippen LogP contribution is -2.44. The average Bonchev–Trinajstić information content (AvgIpc) is 2.48. The molecule has 2 rings (SSSR count). The van der Waals surface area contributed by atoms with Gasteiger partial charge in [0.15, 0.2) is 0 Å². The summed E-state index contributed by atoms with van der Waals surface area (Å²) in [6.45, 7) is 9.82. The first kappa shape index (κ1) is 15.6. The summed E-state index contributed by atoms with van der Waals surface area (Å²) in [5.74, 6) is 1.31. The van der Waals surface area contributed by atoms with Crippen LogP contribution in [-0.4, -0.2) is 73.2 Å². The molecule has 0 atom stereocenters. The van der Waals surface area contributed by atoms with Gasteiger partial charge in [-0.2, -0.15) is 11.8 Å². The molecule has 0 radical (unpaired) electrons. The molecule has 2 aliphatic rings. The Morgan fingerprint density at radius 3 is 2.47 bits per heavy atom. The van der Waals surface area contributed by atoms with E-state index in [9.17, 15) is 0 Å². The number of nitrogens with zero attached hydrogens (tertiary/aromatic N) is 2. The molecule has 0 aromatic carbocycles. The summed E-state index contributed by atoms with van der Waals surface area (Å²) in [6.07, 6.45) is 5.46. The van der Waals surface area contributed by atoms with Crippen LogP contribution in [0.2, 0.25) is 0 Å². The molecular weight excluding hydrogens is 254 g/mol. The Hall–Kier alpha value is 0.230. The van der Waals surface area contributed by atoms with Crippen molar-refractivity contribution in [1.82, 2.24) is 15.1 Å². The van der Waals surface area contributed by atoms with Gasteiger partial charge in [0.25, 0.3) is 0 Å². The first-order chi connectivity index (χ1) is 9.29. The number of hydrogen-bond donors (Lipinski definition) is 1. The molecule has 0 unspecified atom stereocenters. The van der Waals surface area contributed by atoms with Crippen LogP contribution in [0.4, 0.5) is 0 Å². The Morgan fingerprint density at radius 1 is 1.16 bits per heavy atom. The van der Waals surface area contributed by atoms with Crippen LogP contribution in [0.3, 0.4) is 0 Å². The third-order valence-corrected chi connectivity index (χ3v) is 6.07. The summed E-state index contributed by atoms with van der Waals surface area (Å²) in [5.41, 5.74) is 0. The second kappa shape index (κ2) is 8.50. The SMILES string of the molecule is CCN1CCC(N(C)CCSC2CCNCC2)CC1. The fourth-order valence-corrected chi connectivity index (χ4v) is 4.48. The zero-order valence-corrected chi connectivity index (χ0v) is 13.6. The molecule has 3 nitrogen and oxygen atoms in total. The lowest BCUT2D eigenvalue weighted by Gasteiger charge is -2.36. The van der Waals surface area contributed by atoms with Gasteiger partial charge in [0.1, 0.15) is 0 Å². The molecule has 19 heavy (non-hydrogen) atoms. The second-order valence-electron chi connectivity index (χ2n) is 5.97. The van der Waals surface area contributed by atoms with E-state index in [1.54, 1.807) is 0 Å². The van der Waals surface area contributed by atoms with Gasteiger partial charge >= 0.3 is 0 Å². The van der Waals surface area contributed by atoms with Gasteiger partial charge in [-0.15, -0.1) is 0 Å². The van der Waals surface area contributed by atoms with Crippen molar-refractivity contribution in [2.75, 3.05) is 52.1 Å². The van der Waals surface area contributed by atoms with Crippen molar-refractivity contribution in [3.8, 4) is 0 Å². The van der Waals surface area contributed by atoms with Crippen LogP contribution in [0.1, 0.15) is 32.6 Å². The van der Waals surface area contributed by atoms with Gasteiger partial charge in [0.05, 0.1) is 0 Å². The highest BCUT2D eigenvalue weighted by Crippen LogP contribution is 2.21. The van der Waals surface area contributed by atoms with Gasteiger partial charge in [0, 0.05) is 23.6 Å². The molecule has 0 saturated carbocycles.